The molecule has 0 spiro atoms. The molecule has 1 aliphatic heterocycles. The Balaban J connectivity index is 1.62. The first kappa shape index (κ1) is 22.6. The number of benzene rings is 1. The summed E-state index contributed by atoms with van der Waals surface area (Å²) in [5.74, 6) is -0.335. The van der Waals surface area contributed by atoms with E-state index >= 15 is 0 Å². The number of carbonyl (C=O) groups is 3. The van der Waals surface area contributed by atoms with Gasteiger partial charge in [-0.3, -0.25) is 14.4 Å². The first-order valence-electron chi connectivity index (χ1n) is 12.0. The second-order valence-corrected chi connectivity index (χ2v) is 9.58. The lowest BCUT2D eigenvalue weighted by atomic mass is 9.88. The van der Waals surface area contributed by atoms with Crippen LogP contribution in [0.25, 0.3) is 0 Å². The van der Waals surface area contributed by atoms with Crippen molar-refractivity contribution in [1.82, 2.24) is 10.2 Å². The van der Waals surface area contributed by atoms with Crippen molar-refractivity contribution in [2.45, 2.75) is 89.8 Å². The second-order valence-electron chi connectivity index (χ2n) is 9.58. The zero-order valence-electron chi connectivity index (χ0n) is 19.1. The fourth-order valence-electron chi connectivity index (χ4n) is 5.27. The van der Waals surface area contributed by atoms with E-state index in [0.717, 1.165) is 57.8 Å². The molecule has 1 heterocycles. The van der Waals surface area contributed by atoms with Gasteiger partial charge in [0.1, 0.15) is 6.04 Å². The van der Waals surface area contributed by atoms with Gasteiger partial charge >= 0.3 is 0 Å². The van der Waals surface area contributed by atoms with Crippen LogP contribution in [0.1, 0.15) is 82.0 Å². The maximum Gasteiger partial charge on any atom is 0.289 e. The molecule has 7 heteroatoms. The van der Waals surface area contributed by atoms with E-state index in [2.05, 4.69) is 5.32 Å². The summed E-state index contributed by atoms with van der Waals surface area (Å²) in [5, 5.41) is 2.92. The van der Waals surface area contributed by atoms with Crippen LogP contribution < -0.4 is 14.8 Å². The molecule has 32 heavy (non-hydrogen) atoms. The van der Waals surface area contributed by atoms with Crippen LogP contribution in [0.3, 0.4) is 0 Å². The Morgan fingerprint density at radius 3 is 2.28 bits per heavy atom. The summed E-state index contributed by atoms with van der Waals surface area (Å²) in [7, 11) is 0. The highest BCUT2D eigenvalue weighted by molar-refractivity contribution is 6.38. The monoisotopic (exact) mass is 442 g/mol. The molecule has 2 saturated carbocycles. The lowest BCUT2D eigenvalue weighted by molar-refractivity contribution is -0.142. The molecule has 3 aliphatic rings. The van der Waals surface area contributed by atoms with E-state index in [1.165, 1.54) is 0 Å². The average molecular weight is 443 g/mol. The maximum absolute atomic E-state index is 13.8. The van der Waals surface area contributed by atoms with E-state index < -0.39 is 17.7 Å². The summed E-state index contributed by atoms with van der Waals surface area (Å²) in [6, 6.07) is 4.34. The molecule has 1 aromatic rings. The molecular weight excluding hydrogens is 408 g/mol. The van der Waals surface area contributed by atoms with Crippen molar-refractivity contribution in [3.05, 3.63) is 23.8 Å². The molecule has 2 fully saturated rings. The highest BCUT2D eigenvalue weighted by Crippen LogP contribution is 2.34. The van der Waals surface area contributed by atoms with Crippen LogP contribution in [-0.2, 0) is 9.59 Å². The van der Waals surface area contributed by atoms with E-state index in [0.29, 0.717) is 17.1 Å². The molecule has 0 bridgehead atoms. The molecule has 0 aromatic heterocycles. The first-order valence-corrected chi connectivity index (χ1v) is 12.0. The van der Waals surface area contributed by atoms with Crippen molar-refractivity contribution in [3.63, 3.8) is 0 Å². The van der Waals surface area contributed by atoms with Gasteiger partial charge in [0.15, 0.2) is 11.5 Å². The smallest absolute Gasteiger partial charge is 0.289 e. The number of ether oxygens (including phenoxy) is 2. The van der Waals surface area contributed by atoms with Gasteiger partial charge < -0.3 is 19.7 Å². The van der Waals surface area contributed by atoms with E-state index in [9.17, 15) is 14.4 Å². The molecule has 1 atom stereocenters. The molecule has 7 nitrogen and oxygen atoms in total. The fraction of sp³-hybridized carbons (Fsp3) is 0.640. The van der Waals surface area contributed by atoms with Gasteiger partial charge in [-0.25, -0.2) is 0 Å². The summed E-state index contributed by atoms with van der Waals surface area (Å²) < 4.78 is 10.8. The Hall–Kier alpha value is -2.57. The Morgan fingerprint density at radius 2 is 1.59 bits per heavy atom. The van der Waals surface area contributed by atoms with Crippen LogP contribution in [0.15, 0.2) is 18.2 Å². The number of nitrogens with zero attached hydrogens (tertiary/aromatic N) is 1. The molecule has 1 N–H and O–H groups in total. The number of carbonyl (C=O) groups excluding carboxylic acids is 3. The summed E-state index contributed by atoms with van der Waals surface area (Å²) in [5.41, 5.74) is 0.453. The zero-order valence-corrected chi connectivity index (χ0v) is 19.1. The first-order chi connectivity index (χ1) is 15.5. The summed E-state index contributed by atoms with van der Waals surface area (Å²) >= 11 is 0. The molecule has 2 amide bonds. The van der Waals surface area contributed by atoms with Crippen molar-refractivity contribution in [2.75, 3.05) is 6.79 Å². The average Bonchev–Trinajstić information content (AvgIpc) is 3.48. The van der Waals surface area contributed by atoms with Crippen molar-refractivity contribution >= 4 is 17.6 Å². The van der Waals surface area contributed by atoms with Gasteiger partial charge in [-0.2, -0.15) is 0 Å². The Labute approximate surface area is 189 Å². The van der Waals surface area contributed by atoms with Gasteiger partial charge in [0.05, 0.1) is 0 Å². The predicted octanol–water partition coefficient (Wildman–Crippen LogP) is 3.84. The van der Waals surface area contributed by atoms with Gasteiger partial charge in [0.25, 0.3) is 11.8 Å². The Bertz CT molecular complexity index is 856. The van der Waals surface area contributed by atoms with E-state index in [-0.39, 0.29) is 30.7 Å². The van der Waals surface area contributed by atoms with Crippen LogP contribution >= 0.6 is 0 Å². The highest BCUT2D eigenvalue weighted by atomic mass is 16.7. The summed E-state index contributed by atoms with van der Waals surface area (Å²) in [4.78, 5) is 41.9. The third-order valence-electron chi connectivity index (χ3n) is 6.94. The van der Waals surface area contributed by atoms with Crippen LogP contribution in [0.2, 0.25) is 0 Å². The molecule has 0 radical (unpaired) electrons. The number of Topliss-reactive ketones (excluding diaryl/α,β-unsaturated/α-hetero) is 1. The standard InChI is InChI=1S/C25H34N2O5/c1-16(2)22(23(28)24(29)26-18-8-6-7-9-18)27(19-10-4-3-5-11-19)25(30)17-12-13-20-21(14-17)32-15-31-20/h12-14,16,18-19,22H,3-11,15H2,1-2H3,(H,26,29)/t22-/m0/s1. The van der Waals surface area contributed by atoms with Gasteiger partial charge in [-0.1, -0.05) is 46.0 Å². The molecule has 1 aromatic carbocycles. The topological polar surface area (TPSA) is 84.9 Å². The quantitative estimate of drug-likeness (QED) is 0.649. The normalized spacial score (nSPS) is 19.7. The minimum absolute atomic E-state index is 0.0581. The number of rotatable bonds is 7. The Kier molecular flexibility index (Phi) is 7.01. The third-order valence-corrected chi connectivity index (χ3v) is 6.94. The number of hydrogen-bond acceptors (Lipinski definition) is 5. The lowest BCUT2D eigenvalue weighted by Crippen LogP contribution is -2.57. The van der Waals surface area contributed by atoms with Crippen molar-refractivity contribution in [1.29, 1.82) is 0 Å². The van der Waals surface area contributed by atoms with Crippen LogP contribution in [-0.4, -0.2) is 47.4 Å². The van der Waals surface area contributed by atoms with Crippen molar-refractivity contribution in [2.24, 2.45) is 5.92 Å². The van der Waals surface area contributed by atoms with Crippen LogP contribution in [0, 0.1) is 5.92 Å². The zero-order chi connectivity index (χ0) is 22.7. The largest absolute Gasteiger partial charge is 0.454 e. The van der Waals surface area contributed by atoms with Crippen molar-refractivity contribution in [3.8, 4) is 11.5 Å². The van der Waals surface area contributed by atoms with E-state index in [1.54, 1.807) is 23.1 Å². The van der Waals surface area contributed by atoms with Crippen LogP contribution in [0.5, 0.6) is 11.5 Å². The van der Waals surface area contributed by atoms with Gasteiger partial charge in [0.2, 0.25) is 12.6 Å². The molecule has 0 saturated heterocycles. The third kappa shape index (κ3) is 4.76. The molecule has 174 valence electrons. The fourth-order valence-corrected chi connectivity index (χ4v) is 5.27. The predicted molar refractivity (Wildman–Crippen MR) is 120 cm³/mol. The van der Waals surface area contributed by atoms with E-state index in [4.69, 9.17) is 9.47 Å². The number of amides is 2. The van der Waals surface area contributed by atoms with Gasteiger partial charge in [-0.15, -0.1) is 0 Å². The number of hydrogen-bond donors (Lipinski definition) is 1. The molecular formula is C25H34N2O5. The molecule has 2 aliphatic carbocycles. The molecule has 0 unspecified atom stereocenters. The highest BCUT2D eigenvalue weighted by Gasteiger charge is 2.41. The second kappa shape index (κ2) is 9.92. The van der Waals surface area contributed by atoms with Crippen LogP contribution in [0.4, 0.5) is 0 Å². The number of nitrogens with one attached hydrogen (secondary N) is 1. The number of ketones is 1. The summed E-state index contributed by atoms with van der Waals surface area (Å²) in [6.45, 7) is 3.95. The van der Waals surface area contributed by atoms with E-state index in [1.807, 2.05) is 13.8 Å². The SMILES string of the molecule is CC(C)[C@@H](C(=O)C(=O)NC1CCCC1)N(C(=O)c1ccc2c(c1)OCO2)C1CCCCC1. The summed E-state index contributed by atoms with van der Waals surface area (Å²) in [6.07, 6.45) is 8.82. The number of fused-ring (bicyclic) bond motifs is 1. The maximum atomic E-state index is 13.8. The molecule has 4 rings (SSSR count). The van der Waals surface area contributed by atoms with Gasteiger partial charge in [0, 0.05) is 17.6 Å². The lowest BCUT2D eigenvalue weighted by Gasteiger charge is -2.41. The van der Waals surface area contributed by atoms with Gasteiger partial charge in [-0.05, 0) is 49.8 Å². The minimum atomic E-state index is -0.794. The minimum Gasteiger partial charge on any atom is -0.454 e. The van der Waals surface area contributed by atoms with Crippen molar-refractivity contribution < 1.29 is 23.9 Å². The Morgan fingerprint density at radius 1 is 0.938 bits per heavy atom.